The van der Waals surface area contributed by atoms with Gasteiger partial charge in [0.05, 0.1) is 6.20 Å². The van der Waals surface area contributed by atoms with E-state index < -0.39 is 0 Å². The quantitative estimate of drug-likeness (QED) is 0.552. The molecule has 0 unspecified atom stereocenters. The first-order chi connectivity index (χ1) is 8.09. The number of hydrogen-bond donors (Lipinski definition) is 1. The number of unbranched alkanes of at least 4 members (excludes halogenated alkanes) is 2. The van der Waals surface area contributed by atoms with Crippen LogP contribution in [0.4, 0.5) is 0 Å². The molecule has 0 aliphatic heterocycles. The predicted octanol–water partition coefficient (Wildman–Crippen LogP) is 1.65. The molecule has 1 heterocycles. The van der Waals surface area contributed by atoms with E-state index in [-0.39, 0.29) is 5.78 Å². The van der Waals surface area contributed by atoms with Crippen LogP contribution in [-0.2, 0) is 6.54 Å². The van der Waals surface area contributed by atoms with Crippen LogP contribution in [0.2, 0.25) is 0 Å². The van der Waals surface area contributed by atoms with E-state index in [1.54, 1.807) is 10.9 Å². The zero-order chi connectivity index (χ0) is 12.7. The second kappa shape index (κ2) is 7.17. The zero-order valence-corrected chi connectivity index (χ0v) is 10.9. The lowest BCUT2D eigenvalue weighted by atomic mass is 10.2. The van der Waals surface area contributed by atoms with E-state index in [2.05, 4.69) is 29.5 Å². The summed E-state index contributed by atoms with van der Waals surface area (Å²) in [4.78, 5) is 11.0. The molecule has 1 rings (SSSR count). The van der Waals surface area contributed by atoms with Crippen LogP contribution in [-0.4, -0.2) is 33.4 Å². The third kappa shape index (κ3) is 5.58. The summed E-state index contributed by atoms with van der Waals surface area (Å²) in [7, 11) is 0. The molecule has 17 heavy (non-hydrogen) atoms. The topological polar surface area (TPSA) is 59.8 Å². The van der Waals surface area contributed by atoms with Gasteiger partial charge in [-0.15, -0.1) is 5.10 Å². The number of nitrogens with one attached hydrogen (secondary N) is 1. The van der Waals surface area contributed by atoms with Crippen LogP contribution in [0.25, 0.3) is 0 Å². The molecule has 1 N–H and O–H groups in total. The van der Waals surface area contributed by atoms with Crippen LogP contribution >= 0.6 is 0 Å². The second-order valence-corrected chi connectivity index (χ2v) is 4.59. The molecule has 0 aromatic carbocycles. The van der Waals surface area contributed by atoms with Crippen molar-refractivity contribution in [3.8, 4) is 0 Å². The van der Waals surface area contributed by atoms with Crippen molar-refractivity contribution in [3.05, 3.63) is 11.9 Å². The second-order valence-electron chi connectivity index (χ2n) is 4.59. The molecule has 0 saturated heterocycles. The largest absolute Gasteiger partial charge is 0.315 e. The van der Waals surface area contributed by atoms with Gasteiger partial charge in [0.1, 0.15) is 5.69 Å². The molecule has 0 aliphatic rings. The lowest BCUT2D eigenvalue weighted by molar-refractivity contribution is 0.101. The van der Waals surface area contributed by atoms with Gasteiger partial charge in [-0.05, 0) is 19.4 Å². The molecule has 1 aromatic heterocycles. The first kappa shape index (κ1) is 13.8. The summed E-state index contributed by atoms with van der Waals surface area (Å²) in [5.41, 5.74) is 0.450. The number of aromatic nitrogens is 3. The standard InChI is InChI=1S/C12H22N4O/c1-10(2)13-7-5-4-6-8-16-9-12(11(3)17)14-15-16/h9-10,13H,4-8H2,1-3H3. The van der Waals surface area contributed by atoms with E-state index in [9.17, 15) is 4.79 Å². The summed E-state index contributed by atoms with van der Waals surface area (Å²) >= 11 is 0. The van der Waals surface area contributed by atoms with Gasteiger partial charge in [-0.2, -0.15) is 0 Å². The minimum Gasteiger partial charge on any atom is -0.315 e. The maximum atomic E-state index is 11.0. The lowest BCUT2D eigenvalue weighted by Crippen LogP contribution is -2.23. The number of aryl methyl sites for hydroxylation is 1. The molecule has 96 valence electrons. The SMILES string of the molecule is CC(=O)c1cn(CCCCCNC(C)C)nn1. The van der Waals surface area contributed by atoms with E-state index in [1.165, 1.54) is 13.3 Å². The van der Waals surface area contributed by atoms with Crippen LogP contribution in [0, 0.1) is 0 Å². The first-order valence-electron chi connectivity index (χ1n) is 6.24. The molecule has 0 bridgehead atoms. The molecule has 0 saturated carbocycles. The van der Waals surface area contributed by atoms with Crippen LogP contribution in [0.15, 0.2) is 6.20 Å². The van der Waals surface area contributed by atoms with Crippen molar-refractivity contribution in [2.24, 2.45) is 0 Å². The molecule has 0 radical (unpaired) electrons. The Labute approximate surface area is 103 Å². The lowest BCUT2D eigenvalue weighted by Gasteiger charge is -2.07. The van der Waals surface area contributed by atoms with Gasteiger partial charge >= 0.3 is 0 Å². The Morgan fingerprint density at radius 3 is 2.76 bits per heavy atom. The van der Waals surface area contributed by atoms with Crippen molar-refractivity contribution in [2.45, 2.75) is 52.6 Å². The molecule has 0 atom stereocenters. The van der Waals surface area contributed by atoms with Gasteiger partial charge in [0, 0.05) is 19.5 Å². The highest BCUT2D eigenvalue weighted by molar-refractivity contribution is 5.91. The molecule has 0 aliphatic carbocycles. The minimum absolute atomic E-state index is 0.0302. The normalized spacial score (nSPS) is 11.1. The van der Waals surface area contributed by atoms with E-state index >= 15 is 0 Å². The van der Waals surface area contributed by atoms with Crippen LogP contribution < -0.4 is 5.32 Å². The van der Waals surface area contributed by atoms with Crippen LogP contribution in [0.5, 0.6) is 0 Å². The average Bonchev–Trinajstić information content (AvgIpc) is 2.71. The summed E-state index contributed by atoms with van der Waals surface area (Å²) in [6.07, 6.45) is 5.12. The smallest absolute Gasteiger partial charge is 0.181 e. The Bertz CT molecular complexity index is 346. The van der Waals surface area contributed by atoms with Gasteiger partial charge in [-0.3, -0.25) is 9.48 Å². The Kier molecular flexibility index (Phi) is 5.83. The third-order valence-electron chi connectivity index (χ3n) is 2.52. The summed E-state index contributed by atoms with van der Waals surface area (Å²) in [6, 6.07) is 0.559. The fourth-order valence-corrected chi connectivity index (χ4v) is 1.54. The van der Waals surface area contributed by atoms with Gasteiger partial charge < -0.3 is 5.32 Å². The molecule has 0 spiro atoms. The van der Waals surface area contributed by atoms with Gasteiger partial charge in [0.25, 0.3) is 0 Å². The maximum absolute atomic E-state index is 11.0. The van der Waals surface area contributed by atoms with E-state index in [1.807, 2.05) is 0 Å². The van der Waals surface area contributed by atoms with Crippen LogP contribution in [0.1, 0.15) is 50.5 Å². The molecule has 5 heteroatoms. The number of hydrogen-bond acceptors (Lipinski definition) is 4. The molecule has 0 fully saturated rings. The van der Waals surface area contributed by atoms with E-state index in [4.69, 9.17) is 0 Å². The molecular weight excluding hydrogens is 216 g/mol. The minimum atomic E-state index is -0.0302. The van der Waals surface area contributed by atoms with Gasteiger partial charge in [0.2, 0.25) is 0 Å². The van der Waals surface area contributed by atoms with E-state index in [0.29, 0.717) is 11.7 Å². The number of ketones is 1. The highest BCUT2D eigenvalue weighted by Crippen LogP contribution is 2.00. The number of rotatable bonds is 8. The molecule has 5 nitrogen and oxygen atoms in total. The summed E-state index contributed by atoms with van der Waals surface area (Å²) in [5.74, 6) is -0.0302. The maximum Gasteiger partial charge on any atom is 0.181 e. The fraction of sp³-hybridized carbons (Fsp3) is 0.750. The number of carbonyl (C=O) groups excluding carboxylic acids is 1. The molecular formula is C12H22N4O. The Morgan fingerprint density at radius 2 is 2.18 bits per heavy atom. The van der Waals surface area contributed by atoms with Crippen molar-refractivity contribution in [2.75, 3.05) is 6.54 Å². The highest BCUT2D eigenvalue weighted by atomic mass is 16.1. The highest BCUT2D eigenvalue weighted by Gasteiger charge is 2.04. The van der Waals surface area contributed by atoms with Gasteiger partial charge in [-0.1, -0.05) is 25.5 Å². The summed E-state index contributed by atoms with van der Waals surface area (Å²) < 4.78 is 1.74. The van der Waals surface area contributed by atoms with E-state index in [0.717, 1.165) is 25.9 Å². The van der Waals surface area contributed by atoms with Crippen molar-refractivity contribution < 1.29 is 4.79 Å². The van der Waals surface area contributed by atoms with Crippen molar-refractivity contribution in [1.82, 2.24) is 20.3 Å². The van der Waals surface area contributed by atoms with Crippen molar-refractivity contribution in [3.63, 3.8) is 0 Å². The number of nitrogens with zero attached hydrogens (tertiary/aromatic N) is 3. The molecule has 1 aromatic rings. The van der Waals surface area contributed by atoms with Gasteiger partial charge in [0.15, 0.2) is 5.78 Å². The van der Waals surface area contributed by atoms with Crippen LogP contribution in [0.3, 0.4) is 0 Å². The number of Topliss-reactive ketones (excluding diaryl/α,β-unsaturated/α-hetero) is 1. The summed E-state index contributed by atoms with van der Waals surface area (Å²) in [6.45, 7) is 7.71. The van der Waals surface area contributed by atoms with Gasteiger partial charge in [-0.25, -0.2) is 0 Å². The van der Waals surface area contributed by atoms with Crippen molar-refractivity contribution in [1.29, 1.82) is 0 Å². The Morgan fingerprint density at radius 1 is 1.41 bits per heavy atom. The summed E-state index contributed by atoms with van der Waals surface area (Å²) in [5, 5.41) is 11.1. The zero-order valence-electron chi connectivity index (χ0n) is 10.9. The Hall–Kier alpha value is -1.23. The third-order valence-corrected chi connectivity index (χ3v) is 2.52. The fourth-order valence-electron chi connectivity index (χ4n) is 1.54. The monoisotopic (exact) mass is 238 g/mol. The predicted molar refractivity (Wildman–Crippen MR) is 67.0 cm³/mol. The average molecular weight is 238 g/mol. The first-order valence-corrected chi connectivity index (χ1v) is 6.24. The number of carbonyl (C=O) groups is 1. The van der Waals surface area contributed by atoms with Crippen molar-refractivity contribution >= 4 is 5.78 Å². The molecule has 0 amide bonds. The Balaban J connectivity index is 2.11.